The summed E-state index contributed by atoms with van der Waals surface area (Å²) >= 11 is 0. The first-order chi connectivity index (χ1) is 4.92. The van der Waals surface area contributed by atoms with Crippen molar-refractivity contribution in [1.82, 2.24) is 5.32 Å². The van der Waals surface area contributed by atoms with E-state index in [1.807, 2.05) is 0 Å². The van der Waals surface area contributed by atoms with Crippen LogP contribution in [0.4, 0.5) is 0 Å². The third-order valence-electron chi connectivity index (χ3n) is 2.89. The van der Waals surface area contributed by atoms with Gasteiger partial charge in [0, 0.05) is 0 Å². The van der Waals surface area contributed by atoms with E-state index in [2.05, 4.69) is 11.4 Å². The zero-order valence-electron chi connectivity index (χ0n) is 6.01. The molecule has 1 saturated heterocycles. The van der Waals surface area contributed by atoms with Gasteiger partial charge in [-0.25, -0.2) is 0 Å². The molecule has 0 unspecified atom stereocenters. The number of hydrogen-bond acceptors (Lipinski definition) is 2. The fourth-order valence-electron chi connectivity index (χ4n) is 2.33. The molecule has 3 atom stereocenters. The SMILES string of the molecule is N#C[C@@H]1NC[C@H]2CCC[C@H]21. The van der Waals surface area contributed by atoms with Crippen molar-refractivity contribution >= 4 is 0 Å². The normalized spacial score (nSPS) is 44.9. The summed E-state index contributed by atoms with van der Waals surface area (Å²) in [6.07, 6.45) is 3.96. The number of nitrogens with zero attached hydrogens (tertiary/aromatic N) is 1. The maximum atomic E-state index is 8.70. The lowest BCUT2D eigenvalue weighted by atomic mass is 9.95. The average Bonchev–Trinajstić information content (AvgIpc) is 2.44. The molecule has 1 saturated carbocycles. The maximum absolute atomic E-state index is 8.70. The Bertz CT molecular complexity index is 171. The summed E-state index contributed by atoms with van der Waals surface area (Å²) in [7, 11) is 0. The zero-order chi connectivity index (χ0) is 6.97. The Morgan fingerprint density at radius 2 is 2.30 bits per heavy atom. The summed E-state index contributed by atoms with van der Waals surface area (Å²) in [5, 5.41) is 11.9. The molecule has 2 heteroatoms. The van der Waals surface area contributed by atoms with Crippen LogP contribution in [0.25, 0.3) is 0 Å². The predicted molar refractivity (Wildman–Crippen MR) is 38.2 cm³/mol. The molecule has 2 aliphatic rings. The fraction of sp³-hybridized carbons (Fsp3) is 0.875. The highest BCUT2D eigenvalue weighted by atomic mass is 15.0. The largest absolute Gasteiger partial charge is 0.301 e. The molecule has 10 heavy (non-hydrogen) atoms. The van der Waals surface area contributed by atoms with E-state index in [0.29, 0.717) is 5.92 Å². The van der Waals surface area contributed by atoms with Gasteiger partial charge in [0.05, 0.1) is 12.1 Å². The molecular weight excluding hydrogens is 124 g/mol. The predicted octanol–water partition coefficient (Wildman–Crippen LogP) is 0.898. The van der Waals surface area contributed by atoms with Crippen molar-refractivity contribution in [2.45, 2.75) is 25.3 Å². The Morgan fingerprint density at radius 1 is 1.40 bits per heavy atom. The molecule has 0 bridgehead atoms. The minimum absolute atomic E-state index is 0.174. The molecule has 0 aromatic heterocycles. The van der Waals surface area contributed by atoms with Gasteiger partial charge in [0.15, 0.2) is 0 Å². The van der Waals surface area contributed by atoms with Gasteiger partial charge in [-0.3, -0.25) is 0 Å². The van der Waals surface area contributed by atoms with E-state index in [1.165, 1.54) is 19.3 Å². The molecule has 2 rings (SSSR count). The zero-order valence-corrected chi connectivity index (χ0v) is 6.01. The molecular formula is C8H12N2. The smallest absolute Gasteiger partial charge is 0.0984 e. The van der Waals surface area contributed by atoms with Crippen LogP contribution in [0.5, 0.6) is 0 Å². The first kappa shape index (κ1) is 6.18. The second-order valence-electron chi connectivity index (χ2n) is 3.37. The van der Waals surface area contributed by atoms with Crippen molar-refractivity contribution in [3.63, 3.8) is 0 Å². The van der Waals surface area contributed by atoms with Crippen LogP contribution >= 0.6 is 0 Å². The standard InChI is InChI=1S/C8H12N2/c9-4-8-7-3-1-2-6(7)5-10-8/h6-8,10H,1-3,5H2/t6-,7-,8+/m1/s1. The highest BCUT2D eigenvalue weighted by Crippen LogP contribution is 2.37. The second kappa shape index (κ2) is 2.25. The minimum atomic E-state index is 0.174. The molecule has 0 aromatic rings. The second-order valence-corrected chi connectivity index (χ2v) is 3.37. The number of rotatable bonds is 0. The highest BCUT2D eigenvalue weighted by Gasteiger charge is 2.38. The molecule has 0 amide bonds. The van der Waals surface area contributed by atoms with Crippen LogP contribution in [0, 0.1) is 23.2 Å². The topological polar surface area (TPSA) is 35.8 Å². The Labute approximate surface area is 61.2 Å². The Kier molecular flexibility index (Phi) is 1.39. The first-order valence-electron chi connectivity index (χ1n) is 4.05. The van der Waals surface area contributed by atoms with E-state index in [9.17, 15) is 0 Å². The molecule has 1 aliphatic carbocycles. The monoisotopic (exact) mass is 136 g/mol. The van der Waals surface area contributed by atoms with Crippen LogP contribution in [0.15, 0.2) is 0 Å². The van der Waals surface area contributed by atoms with Crippen molar-refractivity contribution < 1.29 is 0 Å². The van der Waals surface area contributed by atoms with E-state index in [-0.39, 0.29) is 6.04 Å². The highest BCUT2D eigenvalue weighted by molar-refractivity contribution is 5.04. The number of hydrogen-bond donors (Lipinski definition) is 1. The van der Waals surface area contributed by atoms with Crippen molar-refractivity contribution in [1.29, 1.82) is 5.26 Å². The van der Waals surface area contributed by atoms with Gasteiger partial charge >= 0.3 is 0 Å². The molecule has 2 fully saturated rings. The van der Waals surface area contributed by atoms with Gasteiger partial charge in [-0.15, -0.1) is 0 Å². The van der Waals surface area contributed by atoms with Crippen molar-refractivity contribution in [2.75, 3.05) is 6.54 Å². The third kappa shape index (κ3) is 0.741. The van der Waals surface area contributed by atoms with E-state index in [4.69, 9.17) is 5.26 Å². The quantitative estimate of drug-likeness (QED) is 0.537. The van der Waals surface area contributed by atoms with Crippen molar-refractivity contribution in [3.8, 4) is 6.07 Å². The van der Waals surface area contributed by atoms with E-state index in [1.54, 1.807) is 0 Å². The van der Waals surface area contributed by atoms with Crippen LogP contribution in [-0.4, -0.2) is 12.6 Å². The fourth-order valence-corrected chi connectivity index (χ4v) is 2.33. The van der Waals surface area contributed by atoms with Gasteiger partial charge < -0.3 is 5.32 Å². The van der Waals surface area contributed by atoms with Crippen LogP contribution in [0.2, 0.25) is 0 Å². The molecule has 0 radical (unpaired) electrons. The summed E-state index contributed by atoms with van der Waals surface area (Å²) in [4.78, 5) is 0. The Hall–Kier alpha value is -0.550. The molecule has 54 valence electrons. The van der Waals surface area contributed by atoms with Gasteiger partial charge in [-0.2, -0.15) is 5.26 Å². The number of nitrogens with one attached hydrogen (secondary N) is 1. The van der Waals surface area contributed by atoms with Gasteiger partial charge in [-0.05, 0) is 31.2 Å². The van der Waals surface area contributed by atoms with E-state index in [0.717, 1.165) is 12.5 Å². The lowest BCUT2D eigenvalue weighted by Gasteiger charge is -2.08. The molecule has 1 heterocycles. The van der Waals surface area contributed by atoms with E-state index < -0.39 is 0 Å². The molecule has 2 nitrogen and oxygen atoms in total. The van der Waals surface area contributed by atoms with Gasteiger partial charge in [0.1, 0.15) is 0 Å². The molecule has 1 N–H and O–H groups in total. The third-order valence-corrected chi connectivity index (χ3v) is 2.89. The van der Waals surface area contributed by atoms with Crippen LogP contribution in [0.3, 0.4) is 0 Å². The summed E-state index contributed by atoms with van der Waals surface area (Å²) < 4.78 is 0. The number of nitriles is 1. The molecule has 0 aromatic carbocycles. The van der Waals surface area contributed by atoms with Crippen molar-refractivity contribution in [3.05, 3.63) is 0 Å². The molecule has 0 spiro atoms. The summed E-state index contributed by atoms with van der Waals surface area (Å²) in [5.74, 6) is 1.51. The Morgan fingerprint density at radius 3 is 3.10 bits per heavy atom. The Balaban J connectivity index is 2.10. The van der Waals surface area contributed by atoms with Crippen LogP contribution < -0.4 is 5.32 Å². The first-order valence-corrected chi connectivity index (χ1v) is 4.05. The minimum Gasteiger partial charge on any atom is -0.301 e. The van der Waals surface area contributed by atoms with Crippen molar-refractivity contribution in [2.24, 2.45) is 11.8 Å². The van der Waals surface area contributed by atoms with Gasteiger partial charge in [0.2, 0.25) is 0 Å². The maximum Gasteiger partial charge on any atom is 0.0984 e. The van der Waals surface area contributed by atoms with Crippen LogP contribution in [-0.2, 0) is 0 Å². The summed E-state index contributed by atoms with van der Waals surface area (Å²) in [6, 6.07) is 2.50. The number of fused-ring (bicyclic) bond motifs is 1. The molecule has 1 aliphatic heterocycles. The summed E-state index contributed by atoms with van der Waals surface area (Å²) in [6.45, 7) is 1.09. The van der Waals surface area contributed by atoms with Gasteiger partial charge in [0.25, 0.3) is 0 Å². The lowest BCUT2D eigenvalue weighted by Crippen LogP contribution is -2.24. The van der Waals surface area contributed by atoms with Crippen LogP contribution in [0.1, 0.15) is 19.3 Å². The average molecular weight is 136 g/mol. The summed E-state index contributed by atoms with van der Waals surface area (Å²) in [5.41, 5.74) is 0. The van der Waals surface area contributed by atoms with E-state index >= 15 is 0 Å². The lowest BCUT2D eigenvalue weighted by molar-refractivity contribution is 0.460. The van der Waals surface area contributed by atoms with Gasteiger partial charge in [-0.1, -0.05) is 6.42 Å².